The molecule has 1 aliphatic rings. The number of carbonyl (C=O) groups is 2. The number of anilines is 2. The van der Waals surface area contributed by atoms with Gasteiger partial charge in [-0.3, -0.25) is 10.1 Å². The molecule has 3 amide bonds. The first kappa shape index (κ1) is 29.8. The third kappa shape index (κ3) is 7.20. The molecule has 3 aromatic carbocycles. The Kier molecular flexibility index (Phi) is 8.47. The molecule has 1 aliphatic heterocycles. The van der Waals surface area contributed by atoms with E-state index in [2.05, 4.69) is 10.6 Å². The molecule has 0 saturated carbocycles. The van der Waals surface area contributed by atoms with E-state index < -0.39 is 17.7 Å². The minimum absolute atomic E-state index is 0.0394. The van der Waals surface area contributed by atoms with E-state index >= 15 is 0 Å². The van der Waals surface area contributed by atoms with Crippen molar-refractivity contribution in [3.05, 3.63) is 101 Å². The summed E-state index contributed by atoms with van der Waals surface area (Å²) in [6.45, 7) is 8.88. The zero-order valence-electron chi connectivity index (χ0n) is 24.7. The van der Waals surface area contributed by atoms with Crippen molar-refractivity contribution in [2.45, 2.75) is 52.1 Å². The van der Waals surface area contributed by atoms with E-state index in [0.717, 1.165) is 16.9 Å². The molecule has 224 valence electrons. The van der Waals surface area contributed by atoms with Crippen LogP contribution in [0.4, 0.5) is 25.1 Å². The molecule has 0 atom stereocenters. The van der Waals surface area contributed by atoms with E-state index in [4.69, 9.17) is 9.84 Å². The van der Waals surface area contributed by atoms with Gasteiger partial charge in [0.1, 0.15) is 29.3 Å². The Morgan fingerprint density at radius 1 is 0.930 bits per heavy atom. The molecule has 10 heteroatoms. The summed E-state index contributed by atoms with van der Waals surface area (Å²) in [5.41, 5.74) is 2.70. The fourth-order valence-corrected chi connectivity index (χ4v) is 4.88. The number of rotatable bonds is 6. The van der Waals surface area contributed by atoms with Crippen LogP contribution in [0.1, 0.15) is 55.2 Å². The molecule has 5 rings (SSSR count). The summed E-state index contributed by atoms with van der Waals surface area (Å²) in [6.07, 6.45) is 0.728. The maximum atomic E-state index is 14.6. The summed E-state index contributed by atoms with van der Waals surface area (Å²) in [6, 6.07) is 19.0. The smallest absolute Gasteiger partial charge is 0.324 e. The first-order chi connectivity index (χ1) is 20.5. The summed E-state index contributed by atoms with van der Waals surface area (Å²) < 4.78 is 36.3. The molecule has 0 bridgehead atoms. The number of likely N-dealkylation sites (tertiary alicyclic amines) is 1. The number of aromatic nitrogens is 2. The van der Waals surface area contributed by atoms with Crippen molar-refractivity contribution in [2.75, 3.05) is 23.7 Å². The number of nitrogens with zero attached hydrogens (tertiary/aromatic N) is 3. The lowest BCUT2D eigenvalue weighted by Crippen LogP contribution is -2.42. The lowest BCUT2D eigenvalue weighted by Gasteiger charge is -2.32. The molecule has 4 aromatic rings. The lowest BCUT2D eigenvalue weighted by atomic mass is 9.92. The number of halogens is 2. The highest BCUT2D eigenvalue weighted by molar-refractivity contribution is 5.99. The topological polar surface area (TPSA) is 88.5 Å². The van der Waals surface area contributed by atoms with Crippen molar-refractivity contribution in [2.24, 2.45) is 0 Å². The lowest BCUT2D eigenvalue weighted by molar-refractivity contribution is 0.0591. The SMILES string of the molecule is Cc1ccc(-n2nc(C(C)(C)C)cc2NC(=O)Nc2cc(F)cc(OC3CCN(C(=O)c4ccccc4F)CC3)c2)cc1. The maximum Gasteiger partial charge on any atom is 0.324 e. The van der Waals surface area contributed by atoms with Crippen molar-refractivity contribution in [1.82, 2.24) is 14.7 Å². The maximum absolute atomic E-state index is 14.6. The van der Waals surface area contributed by atoms with Gasteiger partial charge in [-0.2, -0.15) is 5.10 Å². The van der Waals surface area contributed by atoms with Gasteiger partial charge in [-0.15, -0.1) is 0 Å². The van der Waals surface area contributed by atoms with Crippen LogP contribution in [0.15, 0.2) is 72.8 Å². The predicted octanol–water partition coefficient (Wildman–Crippen LogP) is 7.08. The van der Waals surface area contributed by atoms with E-state index in [-0.39, 0.29) is 34.4 Å². The molecular weight excluding hydrogens is 552 g/mol. The second kappa shape index (κ2) is 12.2. The minimum atomic E-state index is -0.570. The molecule has 1 aromatic heterocycles. The molecule has 1 saturated heterocycles. The monoisotopic (exact) mass is 587 g/mol. The summed E-state index contributed by atoms with van der Waals surface area (Å²) in [5.74, 6) is -0.758. The Balaban J connectivity index is 1.23. The molecule has 2 N–H and O–H groups in total. The van der Waals surface area contributed by atoms with Crippen molar-refractivity contribution in [3.63, 3.8) is 0 Å². The second-order valence-corrected chi connectivity index (χ2v) is 11.8. The first-order valence-corrected chi connectivity index (χ1v) is 14.2. The molecule has 2 heterocycles. The number of carbonyl (C=O) groups excluding carboxylic acids is 2. The van der Waals surface area contributed by atoms with Gasteiger partial charge in [-0.25, -0.2) is 18.3 Å². The van der Waals surface area contributed by atoms with Crippen molar-refractivity contribution in [1.29, 1.82) is 0 Å². The highest BCUT2D eigenvalue weighted by atomic mass is 19.1. The number of nitrogens with one attached hydrogen (secondary N) is 2. The van der Waals surface area contributed by atoms with Crippen LogP contribution in [0.3, 0.4) is 0 Å². The fraction of sp³-hybridized carbons (Fsp3) is 0.303. The average molecular weight is 588 g/mol. The van der Waals surface area contributed by atoms with Crippen molar-refractivity contribution in [3.8, 4) is 11.4 Å². The van der Waals surface area contributed by atoms with Gasteiger partial charge in [0.15, 0.2) is 0 Å². The van der Waals surface area contributed by atoms with E-state index in [9.17, 15) is 18.4 Å². The molecule has 43 heavy (non-hydrogen) atoms. The van der Waals surface area contributed by atoms with Gasteiger partial charge in [-0.05, 0) is 37.3 Å². The van der Waals surface area contributed by atoms with E-state index in [1.807, 2.05) is 58.0 Å². The number of hydrogen-bond donors (Lipinski definition) is 2. The van der Waals surface area contributed by atoms with Gasteiger partial charge in [0.2, 0.25) is 0 Å². The largest absolute Gasteiger partial charge is 0.490 e. The Hall–Kier alpha value is -4.73. The highest BCUT2D eigenvalue weighted by Crippen LogP contribution is 2.28. The van der Waals surface area contributed by atoms with Gasteiger partial charge >= 0.3 is 6.03 Å². The van der Waals surface area contributed by atoms with Gasteiger partial charge in [0, 0.05) is 55.2 Å². The number of hydrogen-bond acceptors (Lipinski definition) is 4. The van der Waals surface area contributed by atoms with E-state index in [1.54, 1.807) is 27.8 Å². The third-order valence-corrected chi connectivity index (χ3v) is 7.26. The first-order valence-electron chi connectivity index (χ1n) is 14.2. The van der Waals surface area contributed by atoms with Crippen LogP contribution in [0.5, 0.6) is 5.75 Å². The number of urea groups is 1. The highest BCUT2D eigenvalue weighted by Gasteiger charge is 2.26. The summed E-state index contributed by atoms with van der Waals surface area (Å²) in [4.78, 5) is 27.3. The van der Waals surface area contributed by atoms with E-state index in [0.29, 0.717) is 31.7 Å². The van der Waals surface area contributed by atoms with Crippen LogP contribution < -0.4 is 15.4 Å². The quantitative estimate of drug-likeness (QED) is 0.252. The van der Waals surface area contributed by atoms with Crippen LogP contribution in [0.25, 0.3) is 5.69 Å². The average Bonchev–Trinajstić information content (AvgIpc) is 3.37. The van der Waals surface area contributed by atoms with E-state index in [1.165, 1.54) is 24.3 Å². The van der Waals surface area contributed by atoms with Crippen LogP contribution in [0.2, 0.25) is 0 Å². The minimum Gasteiger partial charge on any atom is -0.490 e. The van der Waals surface area contributed by atoms with Crippen LogP contribution >= 0.6 is 0 Å². The Morgan fingerprint density at radius 2 is 1.63 bits per heavy atom. The fourth-order valence-electron chi connectivity index (χ4n) is 4.88. The van der Waals surface area contributed by atoms with Crippen molar-refractivity contribution < 1.29 is 23.1 Å². The Bertz CT molecular complexity index is 1620. The van der Waals surface area contributed by atoms with Crippen LogP contribution in [-0.2, 0) is 5.41 Å². The number of aryl methyl sites for hydroxylation is 1. The number of amides is 3. The van der Waals surface area contributed by atoms with Crippen molar-refractivity contribution >= 4 is 23.4 Å². The molecule has 0 aliphatic carbocycles. The Morgan fingerprint density at radius 3 is 2.30 bits per heavy atom. The number of ether oxygens (including phenoxy) is 1. The molecule has 0 radical (unpaired) electrons. The normalized spacial score (nSPS) is 14.0. The van der Waals surface area contributed by atoms with Gasteiger partial charge < -0.3 is 15.0 Å². The van der Waals surface area contributed by atoms with Gasteiger partial charge in [-0.1, -0.05) is 50.6 Å². The predicted molar refractivity (Wildman–Crippen MR) is 162 cm³/mol. The molecule has 1 fully saturated rings. The van der Waals surface area contributed by atoms with Gasteiger partial charge in [0.05, 0.1) is 16.9 Å². The molecule has 0 spiro atoms. The summed E-state index contributed by atoms with van der Waals surface area (Å²) in [5, 5.41) is 10.3. The number of piperidine rings is 1. The standard InChI is InChI=1S/C33H35F2N5O3/c1-21-9-11-24(12-10-21)40-30(20-29(38-40)33(2,3)4)37-32(42)36-23-17-22(34)18-26(19-23)43-25-13-15-39(16-14-25)31(41)27-7-5-6-8-28(27)35/h5-12,17-20,25H,13-16H2,1-4H3,(H2,36,37,42). The molecule has 8 nitrogen and oxygen atoms in total. The Labute approximate surface area is 249 Å². The zero-order valence-corrected chi connectivity index (χ0v) is 24.7. The summed E-state index contributed by atoms with van der Waals surface area (Å²) in [7, 11) is 0. The van der Waals surface area contributed by atoms with Gasteiger partial charge in [0.25, 0.3) is 5.91 Å². The summed E-state index contributed by atoms with van der Waals surface area (Å²) >= 11 is 0. The zero-order chi connectivity index (χ0) is 30.7. The number of benzene rings is 3. The molecule has 0 unspecified atom stereocenters. The van der Waals surface area contributed by atoms with Crippen LogP contribution in [-0.4, -0.2) is 45.8 Å². The third-order valence-electron chi connectivity index (χ3n) is 7.26. The molecular formula is C33H35F2N5O3. The van der Waals surface area contributed by atoms with Crippen LogP contribution in [0, 0.1) is 18.6 Å². The second-order valence-electron chi connectivity index (χ2n) is 11.8.